The molecule has 0 aliphatic rings. The minimum Gasteiger partial charge on any atom is -0.431 e. The Morgan fingerprint density at radius 3 is 2.54 bits per heavy atom. The Morgan fingerprint density at radius 2 is 1.86 bits per heavy atom. The van der Waals surface area contributed by atoms with Crippen LogP contribution in [0.5, 0.6) is 0 Å². The summed E-state index contributed by atoms with van der Waals surface area (Å²) in [5.74, 6) is -0.0525. The van der Waals surface area contributed by atoms with Crippen molar-refractivity contribution in [1.29, 1.82) is 0 Å². The van der Waals surface area contributed by atoms with Gasteiger partial charge in [-0.05, 0) is 50.2 Å². The molecule has 0 saturated heterocycles. The van der Waals surface area contributed by atoms with Crippen LogP contribution in [0.1, 0.15) is 24.2 Å². The van der Waals surface area contributed by atoms with Crippen molar-refractivity contribution in [3.63, 3.8) is 0 Å². The lowest BCUT2D eigenvalue weighted by atomic mass is 10.2. The Labute approximate surface area is 172 Å². The third-order valence-corrected chi connectivity index (χ3v) is 5.19. The largest absolute Gasteiger partial charge is 0.431 e. The summed E-state index contributed by atoms with van der Waals surface area (Å²) in [4.78, 5) is 30.5. The number of fused-ring (bicyclic) bond motifs is 1. The van der Waals surface area contributed by atoms with Gasteiger partial charge in [0.15, 0.2) is 5.58 Å². The van der Waals surface area contributed by atoms with Gasteiger partial charge in [-0.1, -0.05) is 23.4 Å². The first-order valence-electron chi connectivity index (χ1n) is 8.88. The summed E-state index contributed by atoms with van der Waals surface area (Å²) in [5.41, 5.74) is 2.51. The van der Waals surface area contributed by atoms with E-state index in [9.17, 15) is 9.59 Å². The molecule has 28 heavy (non-hydrogen) atoms. The third kappa shape index (κ3) is 4.85. The van der Waals surface area contributed by atoms with Crippen LogP contribution >= 0.6 is 23.4 Å². The lowest BCUT2D eigenvalue weighted by Crippen LogP contribution is -2.30. The predicted octanol–water partition coefficient (Wildman–Crippen LogP) is 4.69. The van der Waals surface area contributed by atoms with Gasteiger partial charge in [-0.25, -0.2) is 4.98 Å². The Bertz CT molecular complexity index is 984. The van der Waals surface area contributed by atoms with E-state index in [0.29, 0.717) is 45.7 Å². The molecule has 2 amide bonds. The fraction of sp³-hybridized carbons (Fsp3) is 0.250. The number of benzene rings is 2. The van der Waals surface area contributed by atoms with Gasteiger partial charge in [-0.3, -0.25) is 9.59 Å². The van der Waals surface area contributed by atoms with Crippen LogP contribution in [0.2, 0.25) is 5.02 Å². The topological polar surface area (TPSA) is 75.4 Å². The van der Waals surface area contributed by atoms with E-state index in [0.717, 1.165) is 0 Å². The van der Waals surface area contributed by atoms with E-state index in [1.807, 2.05) is 13.8 Å². The van der Waals surface area contributed by atoms with Gasteiger partial charge in [-0.2, -0.15) is 0 Å². The molecule has 146 valence electrons. The number of rotatable bonds is 7. The number of oxazole rings is 1. The van der Waals surface area contributed by atoms with E-state index in [-0.39, 0.29) is 17.6 Å². The number of thioether (sulfide) groups is 1. The number of hydrogen-bond acceptors (Lipinski definition) is 5. The van der Waals surface area contributed by atoms with Crippen LogP contribution in [0.15, 0.2) is 52.1 Å². The molecule has 3 rings (SSSR count). The van der Waals surface area contributed by atoms with Crippen molar-refractivity contribution in [3.8, 4) is 0 Å². The molecule has 1 heterocycles. The van der Waals surface area contributed by atoms with Crippen molar-refractivity contribution >= 4 is 52.0 Å². The Morgan fingerprint density at radius 1 is 1.14 bits per heavy atom. The molecule has 1 N–H and O–H groups in total. The van der Waals surface area contributed by atoms with Crippen molar-refractivity contribution in [2.75, 3.05) is 24.2 Å². The van der Waals surface area contributed by atoms with Crippen LogP contribution < -0.4 is 5.32 Å². The van der Waals surface area contributed by atoms with Crippen molar-refractivity contribution in [2.24, 2.45) is 0 Å². The molecule has 0 fully saturated rings. The van der Waals surface area contributed by atoms with E-state index in [4.69, 9.17) is 16.0 Å². The maximum Gasteiger partial charge on any atom is 0.257 e. The second-order valence-corrected chi connectivity index (χ2v) is 7.35. The summed E-state index contributed by atoms with van der Waals surface area (Å²) in [6, 6.07) is 12.1. The highest BCUT2D eigenvalue weighted by Gasteiger charge is 2.13. The van der Waals surface area contributed by atoms with Crippen LogP contribution in [0.3, 0.4) is 0 Å². The van der Waals surface area contributed by atoms with Crippen molar-refractivity contribution in [3.05, 3.63) is 53.1 Å². The minimum atomic E-state index is -0.187. The smallest absolute Gasteiger partial charge is 0.257 e. The first-order valence-corrected chi connectivity index (χ1v) is 10.2. The van der Waals surface area contributed by atoms with Crippen LogP contribution in [0.4, 0.5) is 5.69 Å². The van der Waals surface area contributed by atoms with Gasteiger partial charge in [0.05, 0.1) is 5.75 Å². The highest BCUT2D eigenvalue weighted by atomic mass is 35.5. The lowest BCUT2D eigenvalue weighted by Gasteiger charge is -2.18. The number of hydrogen-bond donors (Lipinski definition) is 1. The second kappa shape index (κ2) is 9.12. The monoisotopic (exact) mass is 417 g/mol. The van der Waals surface area contributed by atoms with Gasteiger partial charge < -0.3 is 14.6 Å². The van der Waals surface area contributed by atoms with Gasteiger partial charge in [0.2, 0.25) is 5.91 Å². The molecule has 3 aromatic rings. The SMILES string of the molecule is CCN(CC)C(=O)c1ccc(NC(=O)CSc2nc3ccc(Cl)cc3o2)cc1. The predicted molar refractivity (Wildman–Crippen MR) is 112 cm³/mol. The number of anilines is 1. The third-order valence-electron chi connectivity index (χ3n) is 4.12. The maximum absolute atomic E-state index is 12.3. The van der Waals surface area contributed by atoms with Crippen LogP contribution in [0.25, 0.3) is 11.1 Å². The molecule has 0 spiro atoms. The summed E-state index contributed by atoms with van der Waals surface area (Å²) in [7, 11) is 0. The normalized spacial score (nSPS) is 10.8. The van der Waals surface area contributed by atoms with Gasteiger partial charge >= 0.3 is 0 Å². The van der Waals surface area contributed by atoms with Gasteiger partial charge in [-0.15, -0.1) is 0 Å². The number of nitrogens with zero attached hydrogens (tertiary/aromatic N) is 2. The van der Waals surface area contributed by atoms with Crippen molar-refractivity contribution in [1.82, 2.24) is 9.88 Å². The van der Waals surface area contributed by atoms with Gasteiger partial charge in [0.1, 0.15) is 5.52 Å². The molecule has 6 nitrogen and oxygen atoms in total. The van der Waals surface area contributed by atoms with Crippen LogP contribution in [-0.2, 0) is 4.79 Å². The zero-order valence-corrected chi connectivity index (χ0v) is 17.1. The molecule has 0 saturated carbocycles. The molecule has 8 heteroatoms. The van der Waals surface area contributed by atoms with E-state index in [1.54, 1.807) is 47.4 Å². The molecule has 2 aromatic carbocycles. The minimum absolute atomic E-state index is 0.0190. The highest BCUT2D eigenvalue weighted by molar-refractivity contribution is 7.99. The zero-order valence-electron chi connectivity index (χ0n) is 15.6. The molecule has 0 unspecified atom stereocenters. The average Bonchev–Trinajstić information content (AvgIpc) is 3.10. The number of halogens is 1. The zero-order chi connectivity index (χ0) is 20.1. The average molecular weight is 418 g/mol. The maximum atomic E-state index is 12.3. The number of nitrogens with one attached hydrogen (secondary N) is 1. The summed E-state index contributed by atoms with van der Waals surface area (Å²) in [6.07, 6.45) is 0. The van der Waals surface area contributed by atoms with Crippen LogP contribution in [-0.4, -0.2) is 40.5 Å². The first-order chi connectivity index (χ1) is 13.5. The summed E-state index contributed by atoms with van der Waals surface area (Å²) >= 11 is 7.13. The molecule has 1 aromatic heterocycles. The molecular weight excluding hydrogens is 398 g/mol. The van der Waals surface area contributed by atoms with E-state index in [1.165, 1.54) is 11.8 Å². The molecule has 0 radical (unpaired) electrons. The van der Waals surface area contributed by atoms with E-state index < -0.39 is 0 Å². The fourth-order valence-electron chi connectivity index (χ4n) is 2.65. The van der Waals surface area contributed by atoms with Crippen molar-refractivity contribution in [2.45, 2.75) is 19.1 Å². The Kier molecular flexibility index (Phi) is 6.59. The molecule has 0 bridgehead atoms. The van der Waals surface area contributed by atoms with E-state index >= 15 is 0 Å². The molecular formula is C20H20ClN3O3S. The number of amides is 2. The summed E-state index contributed by atoms with van der Waals surface area (Å²) in [6.45, 7) is 5.21. The van der Waals surface area contributed by atoms with Gasteiger partial charge in [0, 0.05) is 35.4 Å². The molecule has 0 aliphatic carbocycles. The second-order valence-electron chi connectivity index (χ2n) is 5.98. The lowest BCUT2D eigenvalue weighted by molar-refractivity contribution is -0.113. The Hall–Kier alpha value is -2.51. The highest BCUT2D eigenvalue weighted by Crippen LogP contribution is 2.25. The summed E-state index contributed by atoms with van der Waals surface area (Å²) in [5, 5.41) is 3.78. The number of aromatic nitrogens is 1. The van der Waals surface area contributed by atoms with Crippen molar-refractivity contribution < 1.29 is 14.0 Å². The van der Waals surface area contributed by atoms with Crippen LogP contribution in [0, 0.1) is 0 Å². The molecule has 0 atom stereocenters. The fourth-order valence-corrected chi connectivity index (χ4v) is 3.45. The summed E-state index contributed by atoms with van der Waals surface area (Å²) < 4.78 is 5.58. The first kappa shape index (κ1) is 20.2. The quantitative estimate of drug-likeness (QED) is 0.564. The number of carbonyl (C=O) groups excluding carboxylic acids is 2. The number of carbonyl (C=O) groups is 2. The standard InChI is InChI=1S/C20H20ClN3O3S/c1-3-24(4-2)19(26)13-5-8-15(9-6-13)22-18(25)12-28-20-23-16-10-7-14(21)11-17(16)27-20/h5-11H,3-4,12H2,1-2H3,(H,22,25). The van der Waals surface area contributed by atoms with Gasteiger partial charge in [0.25, 0.3) is 11.1 Å². The Balaban J connectivity index is 1.56. The van der Waals surface area contributed by atoms with E-state index in [2.05, 4.69) is 10.3 Å². The molecule has 0 aliphatic heterocycles.